The number of ether oxygens (including phenoxy) is 1. The maximum Gasteiger partial charge on any atom is 0.124 e. The number of alkyl halides is 1. The largest absolute Gasteiger partial charge is 0.490 e. The van der Waals surface area contributed by atoms with E-state index in [2.05, 4.69) is 15.3 Å². The first-order valence-corrected chi connectivity index (χ1v) is 7.21. The zero-order chi connectivity index (χ0) is 16.2. The van der Waals surface area contributed by atoms with Crippen molar-refractivity contribution in [3.63, 3.8) is 0 Å². The van der Waals surface area contributed by atoms with Gasteiger partial charge in [-0.25, -0.2) is 8.78 Å². The van der Waals surface area contributed by atoms with Gasteiger partial charge in [-0.1, -0.05) is 0 Å². The van der Waals surface area contributed by atoms with Crippen molar-refractivity contribution in [2.75, 3.05) is 13.3 Å². The molecule has 0 amide bonds. The molecule has 0 saturated heterocycles. The highest BCUT2D eigenvalue weighted by atomic mass is 19.1. The predicted molar refractivity (Wildman–Crippen MR) is 81.5 cm³/mol. The van der Waals surface area contributed by atoms with Crippen LogP contribution >= 0.6 is 0 Å². The average Bonchev–Trinajstić information content (AvgIpc) is 3.23. The van der Waals surface area contributed by atoms with Gasteiger partial charge in [-0.2, -0.15) is 10.2 Å². The molecular weight excluding hydrogens is 302 g/mol. The number of nitrogens with one attached hydrogen (secondary N) is 1. The molecule has 3 aromatic rings. The monoisotopic (exact) mass is 318 g/mol. The molecule has 0 radical (unpaired) electrons. The lowest BCUT2D eigenvalue weighted by Gasteiger charge is -2.17. The second kappa shape index (κ2) is 6.60. The van der Waals surface area contributed by atoms with E-state index >= 15 is 0 Å². The van der Waals surface area contributed by atoms with Crippen molar-refractivity contribution in [3.05, 3.63) is 54.2 Å². The number of nitrogens with zero attached hydrogens (tertiary/aromatic N) is 3. The van der Waals surface area contributed by atoms with Gasteiger partial charge in [0, 0.05) is 23.5 Å². The van der Waals surface area contributed by atoms with Crippen LogP contribution in [0.1, 0.15) is 18.5 Å². The Kier molecular flexibility index (Phi) is 4.36. The molecular formula is C16H16F2N4O. The summed E-state index contributed by atoms with van der Waals surface area (Å²) in [6, 6.07) is 5.78. The SMILES string of the molecule is CC(c1cc(F)ccc1OCCF)n1ccc(-c2cn[nH]c2)n1. The first kappa shape index (κ1) is 15.2. The zero-order valence-corrected chi connectivity index (χ0v) is 12.5. The summed E-state index contributed by atoms with van der Waals surface area (Å²) in [6.07, 6.45) is 5.22. The summed E-state index contributed by atoms with van der Waals surface area (Å²) in [6.45, 7) is 1.21. The van der Waals surface area contributed by atoms with E-state index in [9.17, 15) is 8.78 Å². The topological polar surface area (TPSA) is 55.7 Å². The van der Waals surface area contributed by atoms with Gasteiger partial charge in [0.1, 0.15) is 24.8 Å². The van der Waals surface area contributed by atoms with Crippen LogP contribution in [0.4, 0.5) is 8.78 Å². The molecule has 0 aliphatic carbocycles. The Morgan fingerprint density at radius 3 is 2.96 bits per heavy atom. The van der Waals surface area contributed by atoms with Crippen molar-refractivity contribution in [3.8, 4) is 17.0 Å². The standard InChI is InChI=1S/C16H16F2N4O/c1-11(14-8-13(18)2-3-16(14)23-7-5-17)22-6-4-15(21-22)12-9-19-20-10-12/h2-4,6,8-11H,5,7H2,1H3,(H,19,20). The Balaban J connectivity index is 1.90. The fourth-order valence-electron chi connectivity index (χ4n) is 2.37. The molecule has 1 atom stereocenters. The third-order valence-corrected chi connectivity index (χ3v) is 3.56. The van der Waals surface area contributed by atoms with Crippen LogP contribution in [0.5, 0.6) is 5.75 Å². The molecule has 7 heteroatoms. The third kappa shape index (κ3) is 3.23. The first-order valence-electron chi connectivity index (χ1n) is 7.21. The highest BCUT2D eigenvalue weighted by molar-refractivity contribution is 5.55. The molecule has 0 saturated carbocycles. The molecule has 23 heavy (non-hydrogen) atoms. The number of halogens is 2. The molecule has 0 bridgehead atoms. The van der Waals surface area contributed by atoms with Crippen molar-refractivity contribution >= 4 is 0 Å². The van der Waals surface area contributed by atoms with Gasteiger partial charge in [0.2, 0.25) is 0 Å². The fourth-order valence-corrected chi connectivity index (χ4v) is 2.37. The Bertz CT molecular complexity index is 770. The molecule has 0 fully saturated rings. The lowest BCUT2D eigenvalue weighted by molar-refractivity contribution is 0.268. The summed E-state index contributed by atoms with van der Waals surface area (Å²) in [5, 5.41) is 11.1. The number of rotatable bonds is 6. The van der Waals surface area contributed by atoms with Crippen molar-refractivity contribution in [2.45, 2.75) is 13.0 Å². The van der Waals surface area contributed by atoms with Crippen LogP contribution in [0.15, 0.2) is 42.9 Å². The molecule has 0 spiro atoms. The quantitative estimate of drug-likeness (QED) is 0.758. The fraction of sp³-hybridized carbons (Fsp3) is 0.250. The van der Waals surface area contributed by atoms with Crippen LogP contribution in [0.3, 0.4) is 0 Å². The number of H-pyrrole nitrogens is 1. The van der Waals surface area contributed by atoms with E-state index in [-0.39, 0.29) is 18.5 Å². The molecule has 1 aromatic carbocycles. The Hall–Kier alpha value is -2.70. The van der Waals surface area contributed by atoms with Crippen LogP contribution < -0.4 is 4.74 Å². The highest BCUT2D eigenvalue weighted by Crippen LogP contribution is 2.29. The van der Waals surface area contributed by atoms with Gasteiger partial charge in [0.15, 0.2) is 0 Å². The Morgan fingerprint density at radius 2 is 2.22 bits per heavy atom. The lowest BCUT2D eigenvalue weighted by Crippen LogP contribution is -2.11. The van der Waals surface area contributed by atoms with E-state index < -0.39 is 6.67 Å². The van der Waals surface area contributed by atoms with Crippen molar-refractivity contribution in [2.24, 2.45) is 0 Å². The number of aromatic nitrogens is 4. The van der Waals surface area contributed by atoms with Crippen molar-refractivity contribution < 1.29 is 13.5 Å². The number of benzene rings is 1. The van der Waals surface area contributed by atoms with Gasteiger partial charge in [0.25, 0.3) is 0 Å². The van der Waals surface area contributed by atoms with Gasteiger partial charge < -0.3 is 4.74 Å². The minimum Gasteiger partial charge on any atom is -0.490 e. The maximum absolute atomic E-state index is 13.6. The van der Waals surface area contributed by atoms with E-state index in [1.54, 1.807) is 23.3 Å². The molecule has 1 unspecified atom stereocenters. The van der Waals surface area contributed by atoms with E-state index in [1.807, 2.05) is 13.0 Å². The molecule has 3 rings (SSSR count). The molecule has 120 valence electrons. The van der Waals surface area contributed by atoms with Crippen molar-refractivity contribution in [1.82, 2.24) is 20.0 Å². The third-order valence-electron chi connectivity index (χ3n) is 3.56. The number of hydrogen-bond donors (Lipinski definition) is 1. The minimum absolute atomic E-state index is 0.0648. The van der Waals surface area contributed by atoms with Gasteiger partial charge in [-0.3, -0.25) is 9.78 Å². The average molecular weight is 318 g/mol. The van der Waals surface area contributed by atoms with E-state index in [4.69, 9.17) is 4.74 Å². The van der Waals surface area contributed by atoms with Gasteiger partial charge in [-0.15, -0.1) is 0 Å². The summed E-state index contributed by atoms with van der Waals surface area (Å²) >= 11 is 0. The van der Waals surface area contributed by atoms with E-state index in [0.717, 1.165) is 11.3 Å². The van der Waals surface area contributed by atoms with Crippen LogP contribution in [-0.4, -0.2) is 33.3 Å². The minimum atomic E-state index is -0.600. The lowest BCUT2D eigenvalue weighted by atomic mass is 10.1. The summed E-state index contributed by atoms with van der Waals surface area (Å²) in [7, 11) is 0. The summed E-state index contributed by atoms with van der Waals surface area (Å²) in [5.74, 6) is 0.0820. The highest BCUT2D eigenvalue weighted by Gasteiger charge is 2.16. The van der Waals surface area contributed by atoms with Crippen LogP contribution in [0, 0.1) is 5.82 Å². The zero-order valence-electron chi connectivity index (χ0n) is 12.5. The van der Waals surface area contributed by atoms with Crippen LogP contribution in [0.25, 0.3) is 11.3 Å². The number of hydrogen-bond acceptors (Lipinski definition) is 3. The normalized spacial score (nSPS) is 12.3. The van der Waals surface area contributed by atoms with Crippen molar-refractivity contribution in [1.29, 1.82) is 0 Å². The Labute approximate surface area is 131 Å². The number of aromatic amines is 1. The molecule has 0 aliphatic rings. The van der Waals surface area contributed by atoms with Gasteiger partial charge >= 0.3 is 0 Å². The second-order valence-electron chi connectivity index (χ2n) is 5.06. The summed E-state index contributed by atoms with van der Waals surface area (Å²) in [4.78, 5) is 0. The smallest absolute Gasteiger partial charge is 0.124 e. The second-order valence-corrected chi connectivity index (χ2v) is 5.06. The molecule has 2 aromatic heterocycles. The van der Waals surface area contributed by atoms with Crippen LogP contribution in [-0.2, 0) is 0 Å². The summed E-state index contributed by atoms with van der Waals surface area (Å²) in [5.41, 5.74) is 2.23. The molecule has 5 nitrogen and oxygen atoms in total. The van der Waals surface area contributed by atoms with Crippen LogP contribution in [0.2, 0.25) is 0 Å². The molecule has 0 aliphatic heterocycles. The first-order chi connectivity index (χ1) is 11.2. The molecule has 1 N–H and O–H groups in total. The predicted octanol–water partition coefficient (Wildman–Crippen LogP) is 3.37. The molecule has 2 heterocycles. The van der Waals surface area contributed by atoms with Gasteiger partial charge in [-0.05, 0) is 31.2 Å². The van der Waals surface area contributed by atoms with E-state index in [1.165, 1.54) is 18.2 Å². The summed E-state index contributed by atoms with van der Waals surface area (Å²) < 4.78 is 33.0. The van der Waals surface area contributed by atoms with E-state index in [0.29, 0.717) is 11.3 Å². The van der Waals surface area contributed by atoms with Gasteiger partial charge in [0.05, 0.1) is 17.9 Å². The Morgan fingerprint density at radius 1 is 1.35 bits per heavy atom. The maximum atomic E-state index is 13.6.